The van der Waals surface area contributed by atoms with Crippen molar-refractivity contribution in [1.29, 1.82) is 0 Å². The van der Waals surface area contributed by atoms with Crippen LogP contribution in [0.4, 0.5) is 0 Å². The second-order valence-electron chi connectivity index (χ2n) is 7.61. The highest BCUT2D eigenvalue weighted by molar-refractivity contribution is 7.89. The summed E-state index contributed by atoms with van der Waals surface area (Å²) in [6, 6.07) is 13.5. The first-order chi connectivity index (χ1) is 14.4. The van der Waals surface area contributed by atoms with Crippen molar-refractivity contribution >= 4 is 10.0 Å². The molecule has 0 unspecified atom stereocenters. The topological polar surface area (TPSA) is 77.3 Å². The molecule has 8 heteroatoms. The Balaban J connectivity index is 1.62. The molecular formula is C22H26N4O3S. The number of pyridine rings is 1. The Hall–Kier alpha value is -2.71. The van der Waals surface area contributed by atoms with Crippen LogP contribution in [0.2, 0.25) is 0 Å². The molecule has 4 rings (SSSR count). The summed E-state index contributed by atoms with van der Waals surface area (Å²) < 4.78 is 35.1. The van der Waals surface area contributed by atoms with E-state index in [1.54, 1.807) is 36.3 Å². The Labute approximate surface area is 177 Å². The first kappa shape index (κ1) is 20.6. The Morgan fingerprint density at radius 1 is 1.20 bits per heavy atom. The third-order valence-electron chi connectivity index (χ3n) is 5.45. The molecular weight excluding hydrogens is 400 g/mol. The molecule has 0 N–H and O–H groups in total. The summed E-state index contributed by atoms with van der Waals surface area (Å²) in [5, 5.41) is 4.21. The first-order valence-corrected chi connectivity index (χ1v) is 11.4. The summed E-state index contributed by atoms with van der Waals surface area (Å²) in [4.78, 5) is 5.09. The van der Waals surface area contributed by atoms with E-state index in [0.717, 1.165) is 35.5 Å². The minimum absolute atomic E-state index is 0.264. The molecule has 0 spiro atoms. The van der Waals surface area contributed by atoms with Crippen molar-refractivity contribution < 1.29 is 13.2 Å². The Morgan fingerprint density at radius 3 is 2.73 bits per heavy atom. The molecule has 158 valence electrons. The molecule has 0 saturated carbocycles. The number of aryl methyl sites for hydroxylation is 2. The summed E-state index contributed by atoms with van der Waals surface area (Å²) in [6.07, 6.45) is 3.80. The van der Waals surface area contributed by atoms with E-state index in [1.165, 1.54) is 0 Å². The van der Waals surface area contributed by atoms with Gasteiger partial charge in [0.1, 0.15) is 10.6 Å². The summed E-state index contributed by atoms with van der Waals surface area (Å²) >= 11 is 0. The normalized spacial score (nSPS) is 17.4. The van der Waals surface area contributed by atoms with E-state index < -0.39 is 10.0 Å². The second-order valence-corrected chi connectivity index (χ2v) is 9.47. The summed E-state index contributed by atoms with van der Waals surface area (Å²) in [6.45, 7) is 2.22. The van der Waals surface area contributed by atoms with Gasteiger partial charge in [0.25, 0.3) is 0 Å². The van der Waals surface area contributed by atoms with Crippen LogP contribution >= 0.6 is 0 Å². The molecule has 0 aliphatic carbocycles. The molecule has 1 saturated heterocycles. The summed E-state index contributed by atoms with van der Waals surface area (Å²) in [7, 11) is -0.250. The molecule has 30 heavy (non-hydrogen) atoms. The number of rotatable bonds is 6. The van der Waals surface area contributed by atoms with Gasteiger partial charge in [0.2, 0.25) is 10.0 Å². The molecule has 0 amide bonds. The molecule has 0 bridgehead atoms. The molecule has 3 aromatic rings. The largest absolute Gasteiger partial charge is 0.497 e. The van der Waals surface area contributed by atoms with Crippen molar-refractivity contribution in [2.75, 3.05) is 13.7 Å². The predicted octanol–water partition coefficient (Wildman–Crippen LogP) is 3.25. The van der Waals surface area contributed by atoms with Gasteiger partial charge in [-0.3, -0.25) is 9.67 Å². The molecule has 0 radical (unpaired) electrons. The van der Waals surface area contributed by atoms with Crippen molar-refractivity contribution in [2.45, 2.75) is 37.1 Å². The van der Waals surface area contributed by atoms with E-state index >= 15 is 0 Å². The lowest BCUT2D eigenvalue weighted by molar-refractivity contribution is 0.389. The SMILES string of the molecule is COc1cccc(Cc2cccc([C@@H]3CCCN3S(=O)(=O)c3cn(C)nc3C)n2)c1. The summed E-state index contributed by atoms with van der Waals surface area (Å²) in [5.41, 5.74) is 3.31. The minimum atomic E-state index is -3.63. The maximum atomic E-state index is 13.3. The third-order valence-corrected chi connectivity index (χ3v) is 7.46. The molecule has 1 atom stereocenters. The van der Waals surface area contributed by atoms with Gasteiger partial charge >= 0.3 is 0 Å². The highest BCUT2D eigenvalue weighted by atomic mass is 32.2. The van der Waals surface area contributed by atoms with Crippen molar-refractivity contribution in [1.82, 2.24) is 19.1 Å². The molecule has 2 aromatic heterocycles. The van der Waals surface area contributed by atoms with Gasteiger partial charge in [-0.25, -0.2) is 8.42 Å². The van der Waals surface area contributed by atoms with E-state index in [1.807, 2.05) is 42.5 Å². The molecule has 1 aliphatic heterocycles. The number of hydrogen-bond acceptors (Lipinski definition) is 5. The molecule has 1 fully saturated rings. The van der Waals surface area contributed by atoms with Crippen LogP contribution in [0.3, 0.4) is 0 Å². The van der Waals surface area contributed by atoms with E-state index in [4.69, 9.17) is 9.72 Å². The van der Waals surface area contributed by atoms with Gasteiger partial charge in [-0.2, -0.15) is 9.40 Å². The van der Waals surface area contributed by atoms with E-state index in [2.05, 4.69) is 5.10 Å². The molecule has 1 aliphatic rings. The zero-order valence-corrected chi connectivity index (χ0v) is 18.3. The molecule has 7 nitrogen and oxygen atoms in total. The average Bonchev–Trinajstić information content (AvgIpc) is 3.35. The fourth-order valence-electron chi connectivity index (χ4n) is 4.05. The van der Waals surface area contributed by atoms with Gasteiger partial charge in [-0.15, -0.1) is 0 Å². The number of aromatic nitrogens is 3. The van der Waals surface area contributed by atoms with Gasteiger partial charge in [-0.05, 0) is 49.6 Å². The highest BCUT2D eigenvalue weighted by Gasteiger charge is 2.38. The number of ether oxygens (including phenoxy) is 1. The smallest absolute Gasteiger partial charge is 0.247 e. The van der Waals surface area contributed by atoms with Crippen molar-refractivity contribution in [3.05, 3.63) is 71.3 Å². The van der Waals surface area contributed by atoms with Crippen LogP contribution in [0.25, 0.3) is 0 Å². The quantitative estimate of drug-likeness (QED) is 0.605. The van der Waals surface area contributed by atoms with Crippen LogP contribution in [0.5, 0.6) is 5.75 Å². The van der Waals surface area contributed by atoms with E-state index in [0.29, 0.717) is 18.7 Å². The van der Waals surface area contributed by atoms with E-state index in [-0.39, 0.29) is 10.9 Å². The maximum Gasteiger partial charge on any atom is 0.247 e. The minimum Gasteiger partial charge on any atom is -0.497 e. The van der Waals surface area contributed by atoms with Crippen molar-refractivity contribution in [3.63, 3.8) is 0 Å². The first-order valence-electron chi connectivity index (χ1n) is 9.99. The zero-order valence-electron chi connectivity index (χ0n) is 17.4. The number of nitrogens with zero attached hydrogens (tertiary/aromatic N) is 4. The summed E-state index contributed by atoms with van der Waals surface area (Å²) in [5.74, 6) is 0.809. The van der Waals surface area contributed by atoms with Crippen LogP contribution in [-0.4, -0.2) is 41.1 Å². The lowest BCUT2D eigenvalue weighted by Crippen LogP contribution is -2.31. The van der Waals surface area contributed by atoms with Crippen LogP contribution in [-0.2, 0) is 23.5 Å². The van der Waals surface area contributed by atoms with Crippen LogP contribution < -0.4 is 4.74 Å². The number of benzene rings is 1. The Morgan fingerprint density at radius 2 is 2.00 bits per heavy atom. The molecule has 3 heterocycles. The predicted molar refractivity (Wildman–Crippen MR) is 114 cm³/mol. The number of methoxy groups -OCH3 is 1. The van der Waals surface area contributed by atoms with Crippen molar-refractivity contribution in [3.8, 4) is 5.75 Å². The lowest BCUT2D eigenvalue weighted by atomic mass is 10.1. The van der Waals surface area contributed by atoms with Crippen molar-refractivity contribution in [2.24, 2.45) is 7.05 Å². The van der Waals surface area contributed by atoms with Gasteiger partial charge in [0, 0.05) is 31.9 Å². The van der Waals surface area contributed by atoms with Crippen LogP contribution in [0, 0.1) is 6.92 Å². The van der Waals surface area contributed by atoms with Crippen LogP contribution in [0.1, 0.15) is 41.5 Å². The monoisotopic (exact) mass is 426 g/mol. The maximum absolute atomic E-state index is 13.3. The fourth-order valence-corrected chi connectivity index (χ4v) is 5.93. The lowest BCUT2D eigenvalue weighted by Gasteiger charge is -2.23. The van der Waals surface area contributed by atoms with Gasteiger partial charge in [0.05, 0.1) is 24.5 Å². The van der Waals surface area contributed by atoms with Crippen LogP contribution in [0.15, 0.2) is 53.6 Å². The van der Waals surface area contributed by atoms with Gasteiger partial charge in [0.15, 0.2) is 0 Å². The standard InChI is InChI=1S/C22H26N4O3S/c1-16-22(15-25(2)24-16)30(27,28)26-12-6-11-21(26)20-10-5-8-18(23-20)13-17-7-4-9-19(14-17)29-3/h4-5,7-10,14-15,21H,6,11-13H2,1-3H3/t21-/m0/s1. The average molecular weight is 427 g/mol. The van der Waals surface area contributed by atoms with E-state index in [9.17, 15) is 8.42 Å². The molecule has 1 aromatic carbocycles. The van der Waals surface area contributed by atoms with Gasteiger partial charge in [-0.1, -0.05) is 18.2 Å². The Kier molecular flexibility index (Phi) is 5.62. The Bertz CT molecular complexity index is 1160. The number of hydrogen-bond donors (Lipinski definition) is 0. The highest BCUT2D eigenvalue weighted by Crippen LogP contribution is 2.36. The van der Waals surface area contributed by atoms with Gasteiger partial charge < -0.3 is 4.74 Å². The fraction of sp³-hybridized carbons (Fsp3) is 0.364. The number of sulfonamides is 1. The zero-order chi connectivity index (χ0) is 21.3. The second kappa shape index (κ2) is 8.20. The third kappa shape index (κ3) is 3.97.